The summed E-state index contributed by atoms with van der Waals surface area (Å²) in [7, 11) is 0. The van der Waals surface area contributed by atoms with Crippen LogP contribution in [0.3, 0.4) is 0 Å². The molecule has 1 aliphatic rings. The molecule has 1 amide bonds. The van der Waals surface area contributed by atoms with Gasteiger partial charge in [-0.25, -0.2) is 0 Å². The molecule has 4 nitrogen and oxygen atoms in total. The average molecular weight is 424 g/mol. The fourth-order valence-electron chi connectivity index (χ4n) is 3.41. The van der Waals surface area contributed by atoms with Crippen molar-refractivity contribution in [2.24, 2.45) is 0 Å². The highest BCUT2D eigenvalue weighted by Gasteiger charge is 2.46. The van der Waals surface area contributed by atoms with E-state index >= 15 is 0 Å². The summed E-state index contributed by atoms with van der Waals surface area (Å²) >= 11 is 12.0. The predicted molar refractivity (Wildman–Crippen MR) is 114 cm³/mol. The molecule has 0 spiro atoms. The Balaban J connectivity index is 1.94. The van der Waals surface area contributed by atoms with Gasteiger partial charge in [-0.15, -0.1) is 0 Å². The SMILES string of the molecule is O=C1C(=O)N(c2ccc(Cl)cc2)[C@@H](c2ccc(Cl)cc2)/C1=C(\O)c1ccccc1. The first-order chi connectivity index (χ1) is 14.0. The van der Waals surface area contributed by atoms with E-state index in [0.29, 0.717) is 26.9 Å². The maximum absolute atomic E-state index is 13.0. The number of amides is 1. The molecule has 0 bridgehead atoms. The van der Waals surface area contributed by atoms with Crippen molar-refractivity contribution in [3.63, 3.8) is 0 Å². The third-order valence-electron chi connectivity index (χ3n) is 4.78. The highest BCUT2D eigenvalue weighted by molar-refractivity contribution is 6.51. The largest absolute Gasteiger partial charge is 0.507 e. The number of hydrogen-bond acceptors (Lipinski definition) is 3. The van der Waals surface area contributed by atoms with E-state index in [0.717, 1.165) is 0 Å². The Hall–Kier alpha value is -3.08. The lowest BCUT2D eigenvalue weighted by Gasteiger charge is -2.25. The average Bonchev–Trinajstić information content (AvgIpc) is 3.00. The third kappa shape index (κ3) is 3.53. The topological polar surface area (TPSA) is 57.6 Å². The monoisotopic (exact) mass is 423 g/mol. The van der Waals surface area contributed by atoms with Gasteiger partial charge in [0.1, 0.15) is 5.76 Å². The Labute approximate surface area is 177 Å². The molecule has 0 unspecified atom stereocenters. The Morgan fingerprint density at radius 1 is 0.793 bits per heavy atom. The lowest BCUT2D eigenvalue weighted by molar-refractivity contribution is -0.132. The van der Waals surface area contributed by atoms with Gasteiger partial charge in [-0.2, -0.15) is 0 Å². The number of nitrogens with zero attached hydrogens (tertiary/aromatic N) is 1. The van der Waals surface area contributed by atoms with Gasteiger partial charge in [0.2, 0.25) is 0 Å². The van der Waals surface area contributed by atoms with Crippen molar-refractivity contribution in [2.45, 2.75) is 6.04 Å². The molecular formula is C23H15Cl2NO3. The minimum atomic E-state index is -0.798. The Morgan fingerprint density at radius 3 is 1.93 bits per heavy atom. The van der Waals surface area contributed by atoms with E-state index in [4.69, 9.17) is 23.2 Å². The standard InChI is InChI=1S/C23H15Cl2NO3/c24-16-8-6-14(7-9-16)20-19(21(27)15-4-2-1-3-5-15)22(28)23(29)26(20)18-12-10-17(25)11-13-18/h1-13,20,27H/b21-19+/t20-/m0/s1. The highest BCUT2D eigenvalue weighted by atomic mass is 35.5. The molecule has 3 aromatic carbocycles. The lowest BCUT2D eigenvalue weighted by atomic mass is 9.95. The number of carbonyl (C=O) groups excluding carboxylic acids is 2. The van der Waals surface area contributed by atoms with E-state index in [9.17, 15) is 14.7 Å². The molecule has 144 valence electrons. The van der Waals surface area contributed by atoms with Crippen LogP contribution in [0.1, 0.15) is 17.2 Å². The second kappa shape index (κ2) is 7.74. The number of aliphatic hydroxyl groups is 1. The van der Waals surface area contributed by atoms with Gasteiger partial charge in [-0.3, -0.25) is 14.5 Å². The molecule has 4 rings (SSSR count). The number of benzene rings is 3. The zero-order valence-electron chi connectivity index (χ0n) is 15.0. The summed E-state index contributed by atoms with van der Waals surface area (Å²) in [5.74, 6) is -1.69. The van der Waals surface area contributed by atoms with Gasteiger partial charge in [0, 0.05) is 21.3 Å². The van der Waals surface area contributed by atoms with Crippen molar-refractivity contribution in [3.05, 3.63) is 106 Å². The van der Waals surface area contributed by atoms with Crippen molar-refractivity contribution in [1.29, 1.82) is 0 Å². The second-order valence-corrected chi connectivity index (χ2v) is 7.44. The minimum Gasteiger partial charge on any atom is -0.507 e. The fourth-order valence-corrected chi connectivity index (χ4v) is 3.66. The van der Waals surface area contributed by atoms with Gasteiger partial charge in [0.05, 0.1) is 11.6 Å². The molecule has 6 heteroatoms. The van der Waals surface area contributed by atoms with Crippen LogP contribution in [0.25, 0.3) is 5.76 Å². The predicted octanol–water partition coefficient (Wildman–Crippen LogP) is 5.62. The third-order valence-corrected chi connectivity index (χ3v) is 5.29. The van der Waals surface area contributed by atoms with Gasteiger partial charge in [-0.05, 0) is 42.0 Å². The molecule has 1 aliphatic heterocycles. The van der Waals surface area contributed by atoms with Crippen LogP contribution in [0.15, 0.2) is 84.4 Å². The summed E-state index contributed by atoms with van der Waals surface area (Å²) < 4.78 is 0. The maximum Gasteiger partial charge on any atom is 0.300 e. The molecule has 1 fully saturated rings. The molecule has 0 radical (unpaired) electrons. The number of aliphatic hydroxyl groups excluding tert-OH is 1. The zero-order valence-corrected chi connectivity index (χ0v) is 16.6. The van der Waals surface area contributed by atoms with E-state index in [2.05, 4.69) is 0 Å². The first-order valence-corrected chi connectivity index (χ1v) is 9.60. The first-order valence-electron chi connectivity index (χ1n) is 8.85. The normalized spacial score (nSPS) is 18.3. The molecule has 1 atom stereocenters. The molecule has 3 aromatic rings. The van der Waals surface area contributed by atoms with Gasteiger partial charge in [0.25, 0.3) is 11.7 Å². The van der Waals surface area contributed by atoms with Crippen LogP contribution >= 0.6 is 23.2 Å². The summed E-state index contributed by atoms with van der Waals surface area (Å²) in [5, 5.41) is 12.0. The van der Waals surface area contributed by atoms with Crippen molar-refractivity contribution in [2.75, 3.05) is 4.90 Å². The van der Waals surface area contributed by atoms with Gasteiger partial charge in [0.15, 0.2) is 0 Å². The Morgan fingerprint density at radius 2 is 1.34 bits per heavy atom. The molecule has 1 N–H and O–H groups in total. The number of rotatable bonds is 3. The van der Waals surface area contributed by atoms with E-state index < -0.39 is 17.7 Å². The molecule has 0 aliphatic carbocycles. The summed E-state index contributed by atoms with van der Waals surface area (Å²) in [5.41, 5.74) is 1.64. The molecule has 0 saturated carbocycles. The van der Waals surface area contributed by atoms with E-state index in [1.54, 1.807) is 78.9 Å². The van der Waals surface area contributed by atoms with Crippen LogP contribution < -0.4 is 4.90 Å². The minimum absolute atomic E-state index is 0.0264. The van der Waals surface area contributed by atoms with Gasteiger partial charge < -0.3 is 5.11 Å². The quantitative estimate of drug-likeness (QED) is 0.337. The van der Waals surface area contributed by atoms with E-state index in [1.165, 1.54) is 4.90 Å². The van der Waals surface area contributed by atoms with Crippen LogP contribution in [0.4, 0.5) is 5.69 Å². The zero-order chi connectivity index (χ0) is 20.5. The second-order valence-electron chi connectivity index (χ2n) is 6.56. The van der Waals surface area contributed by atoms with Crippen molar-refractivity contribution in [3.8, 4) is 0 Å². The van der Waals surface area contributed by atoms with Gasteiger partial charge >= 0.3 is 0 Å². The Kier molecular flexibility index (Phi) is 5.14. The summed E-state index contributed by atoms with van der Waals surface area (Å²) in [6.07, 6.45) is 0. The van der Waals surface area contributed by atoms with Crippen LogP contribution in [-0.4, -0.2) is 16.8 Å². The van der Waals surface area contributed by atoms with Crippen molar-refractivity contribution < 1.29 is 14.7 Å². The summed E-state index contributed by atoms with van der Waals surface area (Å²) in [6, 6.07) is 21.3. The number of ketones is 1. The lowest BCUT2D eigenvalue weighted by Crippen LogP contribution is -2.29. The fraction of sp³-hybridized carbons (Fsp3) is 0.0435. The van der Waals surface area contributed by atoms with Crippen LogP contribution in [0.5, 0.6) is 0 Å². The number of carbonyl (C=O) groups is 2. The summed E-state index contributed by atoms with van der Waals surface area (Å²) in [4.78, 5) is 27.3. The molecule has 0 aromatic heterocycles. The van der Waals surface area contributed by atoms with Gasteiger partial charge in [-0.1, -0.05) is 65.7 Å². The molecule has 1 heterocycles. The van der Waals surface area contributed by atoms with Crippen LogP contribution in [0, 0.1) is 0 Å². The first kappa shape index (κ1) is 19.2. The smallest absolute Gasteiger partial charge is 0.300 e. The number of Topliss-reactive ketones (excluding diaryl/α,β-unsaturated/α-hetero) is 1. The summed E-state index contributed by atoms with van der Waals surface area (Å²) in [6.45, 7) is 0. The van der Waals surface area contributed by atoms with E-state index in [-0.39, 0.29) is 11.3 Å². The number of anilines is 1. The van der Waals surface area contributed by atoms with E-state index in [1.807, 2.05) is 0 Å². The highest BCUT2D eigenvalue weighted by Crippen LogP contribution is 2.42. The molecular weight excluding hydrogens is 409 g/mol. The molecule has 1 saturated heterocycles. The maximum atomic E-state index is 13.0. The van der Waals surface area contributed by atoms with Crippen LogP contribution in [-0.2, 0) is 9.59 Å². The number of hydrogen-bond donors (Lipinski definition) is 1. The van der Waals surface area contributed by atoms with Crippen molar-refractivity contribution in [1.82, 2.24) is 0 Å². The molecule has 29 heavy (non-hydrogen) atoms. The van der Waals surface area contributed by atoms with Crippen molar-refractivity contribution >= 4 is 46.3 Å². The number of halogens is 2. The van der Waals surface area contributed by atoms with Crippen LogP contribution in [0.2, 0.25) is 10.0 Å². The Bertz CT molecular complexity index is 1110.